The topological polar surface area (TPSA) is 9.23 Å². The summed E-state index contributed by atoms with van der Waals surface area (Å²) in [6.07, 6.45) is 0. The van der Waals surface area contributed by atoms with Gasteiger partial charge in [-0.05, 0) is 11.5 Å². The normalized spacial score (nSPS) is 15.1. The Balaban J connectivity index is 2.40. The van der Waals surface area contributed by atoms with E-state index < -0.39 is 0 Å². The molecule has 0 radical (unpaired) electrons. The molecule has 90 valence electrons. The minimum atomic E-state index is 0.217. The van der Waals surface area contributed by atoms with Crippen LogP contribution in [0.5, 0.6) is 0 Å². The van der Waals surface area contributed by atoms with Gasteiger partial charge in [-0.2, -0.15) is 0 Å². The lowest BCUT2D eigenvalue weighted by Crippen LogP contribution is -2.31. The maximum absolute atomic E-state index is 5.81. The highest BCUT2D eigenvalue weighted by atomic mass is 79.9. The summed E-state index contributed by atoms with van der Waals surface area (Å²) in [5.41, 5.74) is 1.46. The third kappa shape index (κ3) is 3.91. The minimum Gasteiger partial charge on any atom is -0.376 e. The summed E-state index contributed by atoms with van der Waals surface area (Å²) in [5.74, 6) is 0.614. The molecule has 1 aromatic carbocycles. The second kappa shape index (κ2) is 6.41. The molecule has 1 rings (SSSR count). The molecule has 2 heteroatoms. The third-order valence-electron chi connectivity index (χ3n) is 3.24. The maximum atomic E-state index is 5.81. The van der Waals surface area contributed by atoms with Crippen molar-refractivity contribution in [2.75, 3.05) is 11.9 Å². The van der Waals surface area contributed by atoms with Gasteiger partial charge >= 0.3 is 0 Å². The zero-order valence-corrected chi connectivity index (χ0v) is 12.0. The van der Waals surface area contributed by atoms with Gasteiger partial charge in [0.25, 0.3) is 0 Å². The molecule has 0 saturated heterocycles. The van der Waals surface area contributed by atoms with Crippen molar-refractivity contribution in [2.45, 2.75) is 27.4 Å². The highest BCUT2D eigenvalue weighted by Crippen LogP contribution is 2.29. The zero-order chi connectivity index (χ0) is 12.0. The highest BCUT2D eigenvalue weighted by molar-refractivity contribution is 9.09. The van der Waals surface area contributed by atoms with Gasteiger partial charge < -0.3 is 4.74 Å². The van der Waals surface area contributed by atoms with Crippen LogP contribution in [0, 0.1) is 11.3 Å². The summed E-state index contributed by atoms with van der Waals surface area (Å²) in [7, 11) is 0. The minimum absolute atomic E-state index is 0.217. The molecule has 0 N–H and O–H groups in total. The Kier molecular flexibility index (Phi) is 5.50. The van der Waals surface area contributed by atoms with Crippen LogP contribution in [-0.4, -0.2) is 11.9 Å². The predicted octanol–water partition coefficient (Wildman–Crippen LogP) is 4.26. The van der Waals surface area contributed by atoms with Crippen molar-refractivity contribution in [3.63, 3.8) is 0 Å². The average molecular weight is 285 g/mol. The molecule has 0 fully saturated rings. The second-order valence-electron chi connectivity index (χ2n) is 4.92. The fraction of sp³-hybridized carbons (Fsp3) is 0.571. The van der Waals surface area contributed by atoms with Crippen molar-refractivity contribution in [1.29, 1.82) is 0 Å². The lowest BCUT2D eigenvalue weighted by atomic mass is 9.82. The maximum Gasteiger partial charge on any atom is 0.0717 e. The van der Waals surface area contributed by atoms with Crippen LogP contribution in [0.1, 0.15) is 26.3 Å². The number of hydrogen-bond donors (Lipinski definition) is 0. The van der Waals surface area contributed by atoms with Crippen LogP contribution in [-0.2, 0) is 11.3 Å². The first-order chi connectivity index (χ1) is 7.58. The van der Waals surface area contributed by atoms with E-state index in [1.807, 2.05) is 18.2 Å². The van der Waals surface area contributed by atoms with Crippen molar-refractivity contribution >= 4 is 15.9 Å². The summed E-state index contributed by atoms with van der Waals surface area (Å²) >= 11 is 3.58. The Bertz CT molecular complexity index is 297. The van der Waals surface area contributed by atoms with Gasteiger partial charge in [0, 0.05) is 10.7 Å². The van der Waals surface area contributed by atoms with E-state index in [-0.39, 0.29) is 5.41 Å². The second-order valence-corrected chi connectivity index (χ2v) is 5.48. The third-order valence-corrected chi connectivity index (χ3v) is 4.52. The molecule has 0 aromatic heterocycles. The number of ether oxygens (including phenoxy) is 1. The van der Waals surface area contributed by atoms with Gasteiger partial charge in [-0.3, -0.25) is 0 Å². The lowest BCUT2D eigenvalue weighted by molar-refractivity contribution is 0.0314. The van der Waals surface area contributed by atoms with E-state index in [9.17, 15) is 0 Å². The Morgan fingerprint density at radius 2 is 1.88 bits per heavy atom. The summed E-state index contributed by atoms with van der Waals surface area (Å²) in [6.45, 7) is 8.25. The largest absolute Gasteiger partial charge is 0.376 e. The van der Waals surface area contributed by atoms with Crippen molar-refractivity contribution in [1.82, 2.24) is 0 Å². The van der Waals surface area contributed by atoms with Gasteiger partial charge in [-0.25, -0.2) is 0 Å². The molecule has 0 spiro atoms. The zero-order valence-electron chi connectivity index (χ0n) is 10.4. The molecule has 0 aliphatic rings. The molecule has 0 heterocycles. The molecule has 0 aliphatic heterocycles. The van der Waals surface area contributed by atoms with Gasteiger partial charge in [0.15, 0.2) is 0 Å². The van der Waals surface area contributed by atoms with Crippen molar-refractivity contribution in [3.05, 3.63) is 35.9 Å². The number of halogens is 1. The predicted molar refractivity (Wildman–Crippen MR) is 72.8 cm³/mol. The van der Waals surface area contributed by atoms with E-state index in [1.165, 1.54) is 5.56 Å². The summed E-state index contributed by atoms with van der Waals surface area (Å²) in [5, 5.41) is 0.979. The van der Waals surface area contributed by atoms with E-state index in [1.54, 1.807) is 0 Å². The SMILES string of the molecule is CC(C)C(C)(CBr)COCc1ccccc1. The average Bonchev–Trinajstić information content (AvgIpc) is 2.30. The van der Waals surface area contributed by atoms with Gasteiger partial charge in [-0.15, -0.1) is 0 Å². The number of hydrogen-bond acceptors (Lipinski definition) is 1. The monoisotopic (exact) mass is 284 g/mol. The molecule has 1 atom stereocenters. The van der Waals surface area contributed by atoms with Gasteiger partial charge in [-0.1, -0.05) is 67.0 Å². The Morgan fingerprint density at radius 1 is 1.25 bits per heavy atom. The van der Waals surface area contributed by atoms with Crippen LogP contribution in [0.15, 0.2) is 30.3 Å². The fourth-order valence-electron chi connectivity index (χ4n) is 1.34. The molecule has 1 aromatic rings. The molecule has 16 heavy (non-hydrogen) atoms. The van der Waals surface area contributed by atoms with E-state index in [0.717, 1.165) is 11.9 Å². The standard InChI is InChI=1S/C14H21BrO/c1-12(2)14(3,10-15)11-16-9-13-7-5-4-6-8-13/h4-8,12H,9-11H2,1-3H3. The first-order valence-electron chi connectivity index (χ1n) is 5.76. The van der Waals surface area contributed by atoms with Crippen LogP contribution in [0.2, 0.25) is 0 Å². The van der Waals surface area contributed by atoms with Gasteiger partial charge in [0.2, 0.25) is 0 Å². The van der Waals surface area contributed by atoms with Gasteiger partial charge in [0.1, 0.15) is 0 Å². The van der Waals surface area contributed by atoms with Crippen LogP contribution >= 0.6 is 15.9 Å². The highest BCUT2D eigenvalue weighted by Gasteiger charge is 2.27. The molecule has 0 bridgehead atoms. The van der Waals surface area contributed by atoms with Crippen molar-refractivity contribution in [2.24, 2.45) is 11.3 Å². The summed E-state index contributed by atoms with van der Waals surface area (Å²) < 4.78 is 5.81. The smallest absolute Gasteiger partial charge is 0.0717 e. The molecular weight excluding hydrogens is 264 g/mol. The summed E-state index contributed by atoms with van der Waals surface area (Å²) in [4.78, 5) is 0. The quantitative estimate of drug-likeness (QED) is 0.710. The number of rotatable bonds is 6. The van der Waals surface area contributed by atoms with Crippen molar-refractivity contribution in [3.8, 4) is 0 Å². The Labute approximate surface area is 107 Å². The lowest BCUT2D eigenvalue weighted by Gasteiger charge is -2.31. The van der Waals surface area contributed by atoms with Crippen LogP contribution < -0.4 is 0 Å². The van der Waals surface area contributed by atoms with Crippen LogP contribution in [0.4, 0.5) is 0 Å². The summed E-state index contributed by atoms with van der Waals surface area (Å²) in [6, 6.07) is 10.3. The van der Waals surface area contributed by atoms with E-state index in [4.69, 9.17) is 4.74 Å². The molecule has 1 nitrogen and oxygen atoms in total. The van der Waals surface area contributed by atoms with Crippen LogP contribution in [0.25, 0.3) is 0 Å². The van der Waals surface area contributed by atoms with E-state index in [0.29, 0.717) is 12.5 Å². The molecule has 0 saturated carbocycles. The van der Waals surface area contributed by atoms with Crippen LogP contribution in [0.3, 0.4) is 0 Å². The first-order valence-corrected chi connectivity index (χ1v) is 6.88. The fourth-order valence-corrected chi connectivity index (χ4v) is 2.15. The number of alkyl halides is 1. The molecule has 1 unspecified atom stereocenters. The van der Waals surface area contributed by atoms with Gasteiger partial charge in [0.05, 0.1) is 13.2 Å². The van der Waals surface area contributed by atoms with E-state index in [2.05, 4.69) is 48.8 Å². The van der Waals surface area contributed by atoms with Crippen molar-refractivity contribution < 1.29 is 4.74 Å². The number of benzene rings is 1. The first kappa shape index (κ1) is 13.7. The Morgan fingerprint density at radius 3 is 2.38 bits per heavy atom. The molecule has 0 amide bonds. The molecule has 0 aliphatic carbocycles. The Hall–Kier alpha value is -0.340. The van der Waals surface area contributed by atoms with E-state index >= 15 is 0 Å². The molecular formula is C14H21BrO.